The van der Waals surface area contributed by atoms with Gasteiger partial charge < -0.3 is 9.80 Å². The van der Waals surface area contributed by atoms with E-state index in [1.807, 2.05) is 9.80 Å². The van der Waals surface area contributed by atoms with Crippen LogP contribution in [0.1, 0.15) is 137 Å². The molecule has 2 amide bonds. The molecule has 18 heteroatoms. The van der Waals surface area contributed by atoms with Crippen molar-refractivity contribution >= 4 is 45.9 Å². The highest BCUT2D eigenvalue weighted by atomic mass is 32.1. The molecule has 0 aliphatic carbocycles. The number of azide groups is 4. The highest BCUT2D eigenvalue weighted by Crippen LogP contribution is 2.51. The van der Waals surface area contributed by atoms with Crippen LogP contribution in [0, 0.1) is 11.8 Å². The molecule has 0 saturated heterocycles. The maximum atomic E-state index is 16.1. The number of hydrogen-bond acceptors (Lipinski definition) is 8. The Morgan fingerprint density at radius 3 is 0.885 bits per heavy atom. The van der Waals surface area contributed by atoms with E-state index in [2.05, 4.69) is 226 Å². The van der Waals surface area contributed by atoms with E-state index in [1.165, 1.54) is 22.3 Å². The zero-order valence-corrected chi connectivity index (χ0v) is 57.2. The highest BCUT2D eigenvalue weighted by molar-refractivity contribution is 7.17. The van der Waals surface area contributed by atoms with Crippen LogP contribution in [0.2, 0.25) is 0 Å². The fourth-order valence-electron chi connectivity index (χ4n) is 13.1. The molecule has 0 saturated carbocycles. The van der Waals surface area contributed by atoms with Gasteiger partial charge >= 0.3 is 0 Å². The van der Waals surface area contributed by atoms with Crippen molar-refractivity contribution in [2.45, 2.75) is 130 Å². The van der Waals surface area contributed by atoms with E-state index < -0.39 is 0 Å². The second-order valence-corrected chi connectivity index (χ2v) is 27.2. The van der Waals surface area contributed by atoms with Crippen molar-refractivity contribution in [3.8, 4) is 65.4 Å². The lowest BCUT2D eigenvalue weighted by molar-refractivity contribution is -0.124. The summed E-state index contributed by atoms with van der Waals surface area (Å²) in [6, 6.07) is 56.5. The van der Waals surface area contributed by atoms with E-state index in [1.54, 1.807) is 22.7 Å². The molecule has 0 spiro atoms. The Hall–Kier alpha value is -9.62. The van der Waals surface area contributed by atoms with Crippen LogP contribution in [0.3, 0.4) is 0 Å². The third-order valence-corrected chi connectivity index (χ3v) is 20.8. The maximum Gasteiger partial charge on any atom is 0.261 e. The maximum absolute atomic E-state index is 16.1. The number of carbonyl (C=O) groups is 2. The minimum atomic E-state index is -0.120. The molecule has 4 heterocycles. The summed E-state index contributed by atoms with van der Waals surface area (Å²) in [5.41, 5.74) is 53.0. The van der Waals surface area contributed by atoms with Crippen LogP contribution in [-0.2, 0) is 35.3 Å². The first-order chi connectivity index (χ1) is 47.1. The van der Waals surface area contributed by atoms with Gasteiger partial charge in [0.05, 0.1) is 32.3 Å². The number of amides is 2. The van der Waals surface area contributed by atoms with Crippen molar-refractivity contribution in [2.24, 2.45) is 32.3 Å². The van der Waals surface area contributed by atoms with Crippen molar-refractivity contribution < 1.29 is 9.59 Å². The lowest BCUT2D eigenvalue weighted by Crippen LogP contribution is -2.34. The summed E-state index contributed by atoms with van der Waals surface area (Å²) in [5, 5.41) is 14.9. The van der Waals surface area contributed by atoms with E-state index in [9.17, 15) is 0 Å². The molecule has 0 radical (unpaired) electrons. The lowest BCUT2D eigenvalue weighted by Gasteiger charge is -2.29. The first-order valence-electron chi connectivity index (χ1n) is 34.1. The molecule has 2 aliphatic rings. The number of hydrogen-bond donors (Lipinski definition) is 0. The SMILES string of the molecule is CCCCC(CC)CN1C(=O)C2=C(c3ccc(-c4cc(-c5ccc(CCCN=[N+]=[N-])cc5)cc(-c5ccc(CCCN=[N+]=[N-])cc5)c4)s3)N(CC(CC)CCCC)C(=O)C2=C1c1ccc(-c2cc(-c3ccc(CCCN=[N+]=[N-])cc3)cc(-c3ccc(CCCN=[N+]=[N-])cc3)c2)s1. The molecular weight excluding hydrogens is 1230 g/mol. The fraction of sp³-hybridized carbons (Fsp3) is 0.359. The minimum Gasteiger partial charge on any atom is -0.306 e. The van der Waals surface area contributed by atoms with E-state index in [-0.39, 0.29) is 23.7 Å². The van der Waals surface area contributed by atoms with E-state index in [0.29, 0.717) is 61.8 Å². The lowest BCUT2D eigenvalue weighted by atomic mass is 9.94. The van der Waals surface area contributed by atoms with Gasteiger partial charge in [0, 0.05) is 68.7 Å². The van der Waals surface area contributed by atoms with Gasteiger partial charge in [-0.3, -0.25) is 9.59 Å². The number of fused-ring (bicyclic) bond motifs is 1. The van der Waals surface area contributed by atoms with Gasteiger partial charge in [0.1, 0.15) is 0 Å². The van der Waals surface area contributed by atoms with Crippen molar-refractivity contribution in [1.29, 1.82) is 0 Å². The molecule has 0 fully saturated rings. The Morgan fingerprint density at radius 1 is 0.354 bits per heavy atom. The first kappa shape index (κ1) is 69.2. The Labute approximate surface area is 572 Å². The van der Waals surface area contributed by atoms with Gasteiger partial charge in [-0.05, 0) is 237 Å². The summed E-state index contributed by atoms with van der Waals surface area (Å²) in [4.78, 5) is 51.6. The van der Waals surface area contributed by atoms with Gasteiger partial charge in [0.25, 0.3) is 11.8 Å². The Balaban J connectivity index is 1.09. The van der Waals surface area contributed by atoms with Gasteiger partial charge in [0.2, 0.25) is 0 Å². The Kier molecular flexibility index (Phi) is 25.0. The van der Waals surface area contributed by atoms with Gasteiger partial charge in [-0.1, -0.05) is 184 Å². The summed E-state index contributed by atoms with van der Waals surface area (Å²) in [6.07, 6.45) is 14.2. The summed E-state index contributed by atoms with van der Waals surface area (Å²) < 4.78 is 0. The molecule has 2 unspecified atom stereocenters. The van der Waals surface area contributed by atoms with Crippen molar-refractivity contribution in [2.75, 3.05) is 39.3 Å². The number of benzene rings is 6. The summed E-state index contributed by atoms with van der Waals surface area (Å²) in [5.74, 6) is 0.207. The number of thiophene rings is 2. The minimum absolute atomic E-state index is 0.120. The smallest absolute Gasteiger partial charge is 0.261 e. The largest absolute Gasteiger partial charge is 0.306 e. The van der Waals surface area contributed by atoms with E-state index >= 15 is 9.59 Å². The molecule has 6 aromatic carbocycles. The van der Waals surface area contributed by atoms with Crippen LogP contribution in [-0.4, -0.2) is 60.9 Å². The van der Waals surface area contributed by atoms with Gasteiger partial charge in [-0.25, -0.2) is 0 Å². The average molecular weight is 1310 g/mol. The molecule has 0 bridgehead atoms. The first-order valence-corrected chi connectivity index (χ1v) is 35.8. The summed E-state index contributed by atoms with van der Waals surface area (Å²) >= 11 is 3.26. The molecule has 96 heavy (non-hydrogen) atoms. The summed E-state index contributed by atoms with van der Waals surface area (Å²) in [6.45, 7) is 11.6. The van der Waals surface area contributed by atoms with Crippen LogP contribution in [0.25, 0.3) is 119 Å². The van der Waals surface area contributed by atoms with Crippen LogP contribution in [0.15, 0.2) is 189 Å². The second kappa shape index (κ2) is 34.7. The fourth-order valence-corrected chi connectivity index (χ4v) is 15.2. The van der Waals surface area contributed by atoms with Gasteiger partial charge in [0.15, 0.2) is 0 Å². The Morgan fingerprint density at radius 2 is 0.625 bits per heavy atom. The molecule has 16 nitrogen and oxygen atoms in total. The van der Waals surface area contributed by atoms with Crippen LogP contribution in [0.4, 0.5) is 0 Å². The number of unbranched alkanes of at least 4 members (excludes halogenated alkanes) is 2. The molecule has 0 N–H and O–H groups in total. The number of nitrogens with zero attached hydrogens (tertiary/aromatic N) is 14. The van der Waals surface area contributed by atoms with Crippen molar-refractivity contribution in [3.63, 3.8) is 0 Å². The van der Waals surface area contributed by atoms with Crippen LogP contribution >= 0.6 is 22.7 Å². The van der Waals surface area contributed by atoms with Crippen molar-refractivity contribution in [1.82, 2.24) is 9.80 Å². The highest BCUT2D eigenvalue weighted by Gasteiger charge is 2.50. The Bertz CT molecular complexity index is 3830. The molecule has 2 aromatic heterocycles. The van der Waals surface area contributed by atoms with Crippen LogP contribution in [0.5, 0.6) is 0 Å². The third-order valence-electron chi connectivity index (χ3n) is 18.6. The standard InChI is InChI=1S/C78H84N14O2S2/c1-5-9-15-53(7-3)51-91-75(71-39-37-69(95-71)67-47-63(59-29-21-55(22-30-59)17-11-41-83-87-79)45-64(48-67)60-31-23-56(24-32-60)18-12-42-84-88-80)73-74(77(91)93)76(92(78(73)94)52-54(8-4)16-10-6-2)72-40-38-70(96-72)68-49-65(61-33-25-57(26-34-61)19-13-43-85-89-81)46-66(50-68)62-35-27-58(28-36-62)20-14-44-86-90-82/h21-40,45-50,53-54H,5-20,41-44,51-52H2,1-4H3. The third kappa shape index (κ3) is 17.3. The number of rotatable bonds is 36. The molecule has 490 valence electrons. The zero-order valence-electron chi connectivity index (χ0n) is 55.6. The van der Waals surface area contributed by atoms with Gasteiger partial charge in [-0.2, -0.15) is 0 Å². The normalized spacial score (nSPS) is 13.3. The molecule has 10 rings (SSSR count). The molecular formula is C78H84N14O2S2. The predicted octanol–water partition coefficient (Wildman–Crippen LogP) is 23.0. The average Bonchev–Trinajstić information content (AvgIpc) is 1.55. The van der Waals surface area contributed by atoms with Crippen LogP contribution < -0.4 is 0 Å². The van der Waals surface area contributed by atoms with E-state index in [0.717, 1.165) is 178 Å². The molecule has 2 aliphatic heterocycles. The monoisotopic (exact) mass is 1310 g/mol. The quantitative estimate of drug-likeness (QED) is 0.0161. The van der Waals surface area contributed by atoms with Gasteiger partial charge in [-0.15, -0.1) is 22.7 Å². The number of aryl methyl sites for hydroxylation is 4. The summed E-state index contributed by atoms with van der Waals surface area (Å²) in [7, 11) is 0. The molecule has 8 aromatic rings. The topological polar surface area (TPSA) is 236 Å². The number of carbonyl (C=O) groups excluding carboxylic acids is 2. The second-order valence-electron chi connectivity index (χ2n) is 25.1. The zero-order chi connectivity index (χ0) is 67.2. The molecule has 2 atom stereocenters. The van der Waals surface area contributed by atoms with E-state index in [4.69, 9.17) is 22.1 Å². The van der Waals surface area contributed by atoms with Crippen molar-refractivity contribution in [3.05, 3.63) is 243 Å². The predicted molar refractivity (Wildman–Crippen MR) is 394 cm³/mol.